The van der Waals surface area contributed by atoms with Crippen molar-refractivity contribution in [1.82, 2.24) is 4.90 Å². The van der Waals surface area contributed by atoms with Crippen LogP contribution in [0.25, 0.3) is 0 Å². The third kappa shape index (κ3) is 4.19. The van der Waals surface area contributed by atoms with Crippen molar-refractivity contribution in [3.05, 3.63) is 59.7 Å². The van der Waals surface area contributed by atoms with Crippen molar-refractivity contribution in [2.75, 3.05) is 17.8 Å². The molecule has 0 spiro atoms. The zero-order chi connectivity index (χ0) is 18.7. The Hall–Kier alpha value is -2.48. The number of halogens is 2. The van der Waals surface area contributed by atoms with Gasteiger partial charge in [0.2, 0.25) is 5.91 Å². The van der Waals surface area contributed by atoms with E-state index < -0.39 is 26.6 Å². The highest BCUT2D eigenvalue weighted by Crippen LogP contribution is 2.20. The van der Waals surface area contributed by atoms with Crippen molar-refractivity contribution in [2.24, 2.45) is 0 Å². The Morgan fingerprint density at radius 2 is 1.69 bits per heavy atom. The molecule has 3 rings (SSSR count). The lowest BCUT2D eigenvalue weighted by Crippen LogP contribution is -2.29. The quantitative estimate of drug-likeness (QED) is 0.867. The summed E-state index contributed by atoms with van der Waals surface area (Å²) in [7, 11) is -4.26. The molecule has 1 aliphatic rings. The van der Waals surface area contributed by atoms with E-state index in [9.17, 15) is 22.0 Å². The minimum Gasteiger partial charge on any atom is -0.342 e. The normalized spacial score (nSPS) is 14.5. The van der Waals surface area contributed by atoms with Crippen LogP contribution in [0.3, 0.4) is 0 Å². The molecule has 1 saturated heterocycles. The van der Waals surface area contributed by atoms with Crippen LogP contribution in [0.5, 0.6) is 0 Å². The largest absolute Gasteiger partial charge is 0.342 e. The van der Waals surface area contributed by atoms with E-state index in [2.05, 4.69) is 4.72 Å². The Morgan fingerprint density at radius 3 is 2.35 bits per heavy atom. The number of nitrogens with one attached hydrogen (secondary N) is 1. The molecule has 2 aromatic rings. The second kappa shape index (κ2) is 7.41. The number of benzene rings is 2. The van der Waals surface area contributed by atoms with E-state index in [1.165, 1.54) is 12.1 Å². The van der Waals surface area contributed by atoms with E-state index in [0.29, 0.717) is 6.07 Å². The van der Waals surface area contributed by atoms with Crippen LogP contribution in [0, 0.1) is 11.6 Å². The Labute approximate surface area is 150 Å². The van der Waals surface area contributed by atoms with Crippen LogP contribution < -0.4 is 4.72 Å². The average molecular weight is 380 g/mol. The number of likely N-dealkylation sites (tertiary alicyclic amines) is 1. The van der Waals surface area contributed by atoms with Gasteiger partial charge in [-0.05, 0) is 48.7 Å². The first kappa shape index (κ1) is 18.3. The predicted molar refractivity (Wildman–Crippen MR) is 93.1 cm³/mol. The summed E-state index contributed by atoms with van der Waals surface area (Å²) in [6.45, 7) is 1.55. The molecule has 1 heterocycles. The van der Waals surface area contributed by atoms with E-state index in [1.807, 2.05) is 4.90 Å². The third-order valence-corrected chi connectivity index (χ3v) is 5.60. The minimum atomic E-state index is -4.26. The van der Waals surface area contributed by atoms with Gasteiger partial charge in [0.1, 0.15) is 16.5 Å². The van der Waals surface area contributed by atoms with E-state index in [0.717, 1.165) is 43.6 Å². The fourth-order valence-corrected chi connectivity index (χ4v) is 3.99. The van der Waals surface area contributed by atoms with Crippen LogP contribution >= 0.6 is 0 Å². The van der Waals surface area contributed by atoms with Gasteiger partial charge in [0.25, 0.3) is 10.0 Å². The molecular formula is C18H18F2N2O3S. The second-order valence-electron chi connectivity index (χ2n) is 6.14. The van der Waals surface area contributed by atoms with E-state index in [4.69, 9.17) is 0 Å². The number of carbonyl (C=O) groups is 1. The van der Waals surface area contributed by atoms with Crippen LogP contribution in [0.2, 0.25) is 0 Å². The van der Waals surface area contributed by atoms with Gasteiger partial charge in [0.05, 0.1) is 6.42 Å². The minimum absolute atomic E-state index is 0.0395. The standard InChI is InChI=1S/C18H18F2N2O3S/c19-14-5-8-16(20)17(12-14)26(24,25)21-15-6-3-13(4-7-15)11-18(23)22-9-1-2-10-22/h3-8,12,21H,1-2,9-11H2. The SMILES string of the molecule is O=C(Cc1ccc(NS(=O)(=O)c2cc(F)ccc2F)cc1)N1CCCC1. The molecule has 1 fully saturated rings. The topological polar surface area (TPSA) is 66.5 Å². The summed E-state index contributed by atoms with van der Waals surface area (Å²) < 4.78 is 53.6. The summed E-state index contributed by atoms with van der Waals surface area (Å²) in [6, 6.07) is 8.47. The molecule has 1 aliphatic heterocycles. The Morgan fingerprint density at radius 1 is 1.04 bits per heavy atom. The molecule has 1 amide bonds. The number of sulfonamides is 1. The van der Waals surface area contributed by atoms with Gasteiger partial charge in [0.15, 0.2) is 0 Å². The van der Waals surface area contributed by atoms with Gasteiger partial charge in [0, 0.05) is 18.8 Å². The summed E-state index contributed by atoms with van der Waals surface area (Å²) >= 11 is 0. The first-order valence-electron chi connectivity index (χ1n) is 8.20. The van der Waals surface area contributed by atoms with Gasteiger partial charge in [-0.25, -0.2) is 17.2 Å². The molecule has 5 nitrogen and oxygen atoms in total. The van der Waals surface area contributed by atoms with Crippen molar-refractivity contribution in [3.8, 4) is 0 Å². The number of nitrogens with zero attached hydrogens (tertiary/aromatic N) is 1. The molecular weight excluding hydrogens is 362 g/mol. The molecule has 0 bridgehead atoms. The smallest absolute Gasteiger partial charge is 0.264 e. The van der Waals surface area contributed by atoms with Crippen molar-refractivity contribution < 1.29 is 22.0 Å². The van der Waals surface area contributed by atoms with Crippen LogP contribution in [0.15, 0.2) is 47.4 Å². The van der Waals surface area contributed by atoms with Crippen molar-refractivity contribution in [1.29, 1.82) is 0 Å². The van der Waals surface area contributed by atoms with Crippen LogP contribution in [-0.2, 0) is 21.2 Å². The number of carbonyl (C=O) groups excluding carboxylic acids is 1. The van der Waals surface area contributed by atoms with Gasteiger partial charge in [-0.1, -0.05) is 12.1 Å². The lowest BCUT2D eigenvalue weighted by molar-refractivity contribution is -0.129. The molecule has 0 aliphatic carbocycles. The maximum atomic E-state index is 13.7. The molecule has 8 heteroatoms. The molecule has 0 aromatic heterocycles. The summed E-state index contributed by atoms with van der Waals surface area (Å²) in [5.41, 5.74) is 0.952. The maximum Gasteiger partial charge on any atom is 0.264 e. The van der Waals surface area contributed by atoms with E-state index in [-0.39, 0.29) is 18.0 Å². The van der Waals surface area contributed by atoms with Crippen molar-refractivity contribution in [2.45, 2.75) is 24.2 Å². The van der Waals surface area contributed by atoms with E-state index in [1.54, 1.807) is 12.1 Å². The molecule has 0 unspecified atom stereocenters. The highest BCUT2D eigenvalue weighted by Gasteiger charge is 2.21. The molecule has 138 valence electrons. The number of rotatable bonds is 5. The Balaban J connectivity index is 1.70. The molecule has 0 saturated carbocycles. The molecule has 2 aromatic carbocycles. The highest BCUT2D eigenvalue weighted by molar-refractivity contribution is 7.92. The zero-order valence-electron chi connectivity index (χ0n) is 13.9. The van der Waals surface area contributed by atoms with Crippen LogP contribution in [-0.4, -0.2) is 32.3 Å². The zero-order valence-corrected chi connectivity index (χ0v) is 14.7. The molecule has 26 heavy (non-hydrogen) atoms. The van der Waals surface area contributed by atoms with Gasteiger partial charge in [-0.3, -0.25) is 9.52 Å². The summed E-state index contributed by atoms with van der Waals surface area (Å²) in [5.74, 6) is -1.84. The Bertz CT molecular complexity index is 909. The number of amides is 1. The van der Waals surface area contributed by atoms with Gasteiger partial charge in [-0.2, -0.15) is 0 Å². The highest BCUT2D eigenvalue weighted by atomic mass is 32.2. The van der Waals surface area contributed by atoms with Crippen LogP contribution in [0.1, 0.15) is 18.4 Å². The first-order chi connectivity index (χ1) is 12.3. The van der Waals surface area contributed by atoms with Gasteiger partial charge >= 0.3 is 0 Å². The van der Waals surface area contributed by atoms with Crippen molar-refractivity contribution >= 4 is 21.6 Å². The van der Waals surface area contributed by atoms with Gasteiger partial charge in [-0.15, -0.1) is 0 Å². The second-order valence-corrected chi connectivity index (χ2v) is 7.79. The van der Waals surface area contributed by atoms with Crippen molar-refractivity contribution in [3.63, 3.8) is 0 Å². The number of hydrogen-bond acceptors (Lipinski definition) is 3. The summed E-state index contributed by atoms with van der Waals surface area (Å²) in [5, 5.41) is 0. The fourth-order valence-electron chi connectivity index (χ4n) is 2.84. The van der Waals surface area contributed by atoms with Gasteiger partial charge < -0.3 is 4.90 Å². The third-order valence-electron chi connectivity index (χ3n) is 4.20. The number of hydrogen-bond donors (Lipinski definition) is 1. The van der Waals surface area contributed by atoms with E-state index >= 15 is 0 Å². The fraction of sp³-hybridized carbons (Fsp3) is 0.278. The molecule has 1 N–H and O–H groups in total. The average Bonchev–Trinajstić information content (AvgIpc) is 3.13. The maximum absolute atomic E-state index is 13.7. The first-order valence-corrected chi connectivity index (χ1v) is 9.68. The lowest BCUT2D eigenvalue weighted by atomic mass is 10.1. The monoisotopic (exact) mass is 380 g/mol. The summed E-state index contributed by atoms with van der Waals surface area (Å²) in [4.78, 5) is 13.2. The lowest BCUT2D eigenvalue weighted by Gasteiger charge is -2.15. The van der Waals surface area contributed by atoms with Crippen LogP contribution in [0.4, 0.5) is 14.5 Å². The number of anilines is 1. The summed E-state index contributed by atoms with van der Waals surface area (Å²) in [6.07, 6.45) is 2.28. The Kier molecular flexibility index (Phi) is 5.22. The molecule has 0 atom stereocenters. The predicted octanol–water partition coefficient (Wildman–Crippen LogP) is 2.93. The molecule has 0 radical (unpaired) electrons.